The van der Waals surface area contributed by atoms with Gasteiger partial charge >= 0.3 is 12.1 Å². The number of rotatable bonds is 6. The number of hydrogen-bond donors (Lipinski definition) is 0. The quantitative estimate of drug-likeness (QED) is 0.676. The smallest absolute Gasteiger partial charge is 0.416 e. The van der Waals surface area contributed by atoms with Crippen molar-refractivity contribution in [2.24, 2.45) is 0 Å². The van der Waals surface area contributed by atoms with Crippen LogP contribution in [0.4, 0.5) is 10.6 Å². The first-order valence-corrected chi connectivity index (χ1v) is 9.93. The molecule has 0 saturated carbocycles. The molecule has 0 radical (unpaired) electrons. The highest BCUT2D eigenvalue weighted by atomic mass is 16.6. The van der Waals surface area contributed by atoms with E-state index in [4.69, 9.17) is 9.47 Å². The number of likely N-dealkylation sites (tertiary alicyclic amines) is 1. The lowest BCUT2D eigenvalue weighted by Gasteiger charge is -2.27. The molecule has 8 heteroatoms. The number of ether oxygens (including phenoxy) is 2. The van der Waals surface area contributed by atoms with Gasteiger partial charge in [0.25, 0.3) is 0 Å². The first kappa shape index (κ1) is 22.6. The Labute approximate surface area is 172 Å². The SMILES string of the molecule is COC(=O)[C@@H]1CCCN1C(=O)CCCN(C(=O)OC(C)(C)C)c1cc(C)ccn1. The van der Waals surface area contributed by atoms with E-state index >= 15 is 0 Å². The second kappa shape index (κ2) is 9.71. The van der Waals surface area contributed by atoms with E-state index in [1.165, 1.54) is 12.0 Å². The average Bonchev–Trinajstić information content (AvgIpc) is 3.12. The van der Waals surface area contributed by atoms with Crippen molar-refractivity contribution < 1.29 is 23.9 Å². The van der Waals surface area contributed by atoms with Gasteiger partial charge in [0.2, 0.25) is 5.91 Å². The zero-order valence-electron chi connectivity index (χ0n) is 17.9. The molecule has 8 nitrogen and oxygen atoms in total. The molecule has 1 aromatic heterocycles. The first-order valence-electron chi connectivity index (χ1n) is 9.93. The summed E-state index contributed by atoms with van der Waals surface area (Å²) in [6, 6.07) is 3.15. The molecule has 1 aromatic rings. The van der Waals surface area contributed by atoms with Gasteiger partial charge in [-0.3, -0.25) is 9.69 Å². The molecular weight excluding hydrogens is 374 g/mol. The van der Waals surface area contributed by atoms with Crippen LogP contribution in [0.1, 0.15) is 52.0 Å². The fourth-order valence-electron chi connectivity index (χ4n) is 3.26. The normalized spacial score (nSPS) is 16.4. The van der Waals surface area contributed by atoms with Crippen LogP contribution in [0.25, 0.3) is 0 Å². The van der Waals surface area contributed by atoms with E-state index in [2.05, 4.69) is 4.98 Å². The van der Waals surface area contributed by atoms with Gasteiger partial charge in [0.1, 0.15) is 17.5 Å². The van der Waals surface area contributed by atoms with Crippen LogP contribution in [-0.2, 0) is 19.1 Å². The van der Waals surface area contributed by atoms with Gasteiger partial charge < -0.3 is 14.4 Å². The van der Waals surface area contributed by atoms with Crippen molar-refractivity contribution in [3.05, 3.63) is 23.9 Å². The fraction of sp³-hybridized carbons (Fsp3) is 0.619. The van der Waals surface area contributed by atoms with E-state index in [0.717, 1.165) is 12.0 Å². The number of methoxy groups -OCH3 is 1. The van der Waals surface area contributed by atoms with Crippen LogP contribution in [0.15, 0.2) is 18.3 Å². The van der Waals surface area contributed by atoms with Gasteiger partial charge in [-0.2, -0.15) is 0 Å². The van der Waals surface area contributed by atoms with Gasteiger partial charge in [-0.25, -0.2) is 14.6 Å². The Hall–Kier alpha value is -2.64. The van der Waals surface area contributed by atoms with Gasteiger partial charge in [0.15, 0.2) is 0 Å². The topological polar surface area (TPSA) is 89.0 Å². The number of carbonyl (C=O) groups is 3. The largest absolute Gasteiger partial charge is 0.467 e. The molecule has 160 valence electrons. The average molecular weight is 405 g/mol. The second-order valence-corrected chi connectivity index (χ2v) is 8.20. The third kappa shape index (κ3) is 6.44. The van der Waals surface area contributed by atoms with E-state index in [1.807, 2.05) is 13.0 Å². The fourth-order valence-corrected chi connectivity index (χ4v) is 3.26. The van der Waals surface area contributed by atoms with Crippen LogP contribution in [0, 0.1) is 6.92 Å². The third-order valence-electron chi connectivity index (χ3n) is 4.61. The zero-order valence-corrected chi connectivity index (χ0v) is 17.9. The lowest BCUT2D eigenvalue weighted by atomic mass is 10.2. The minimum absolute atomic E-state index is 0.112. The first-order chi connectivity index (χ1) is 13.6. The Bertz CT molecular complexity index is 744. The molecule has 0 aliphatic carbocycles. The maximum Gasteiger partial charge on any atom is 0.416 e. The lowest BCUT2D eigenvalue weighted by molar-refractivity contribution is -0.151. The molecular formula is C21H31N3O5. The number of aryl methyl sites for hydroxylation is 1. The van der Waals surface area contributed by atoms with E-state index in [1.54, 1.807) is 37.9 Å². The molecule has 1 fully saturated rings. The van der Waals surface area contributed by atoms with Gasteiger partial charge in [0, 0.05) is 25.7 Å². The van der Waals surface area contributed by atoms with Crippen molar-refractivity contribution >= 4 is 23.8 Å². The molecule has 0 bridgehead atoms. The van der Waals surface area contributed by atoms with Crippen molar-refractivity contribution in [1.29, 1.82) is 0 Å². The molecule has 2 heterocycles. The predicted molar refractivity (Wildman–Crippen MR) is 109 cm³/mol. The number of amides is 2. The van der Waals surface area contributed by atoms with Crippen molar-refractivity contribution in [2.75, 3.05) is 25.1 Å². The molecule has 2 rings (SSSR count). The number of carbonyl (C=O) groups excluding carboxylic acids is 3. The molecule has 0 N–H and O–H groups in total. The van der Waals surface area contributed by atoms with Gasteiger partial charge in [-0.05, 0) is 64.7 Å². The zero-order chi connectivity index (χ0) is 21.6. The number of anilines is 1. The van der Waals surface area contributed by atoms with Gasteiger partial charge in [-0.15, -0.1) is 0 Å². The highest BCUT2D eigenvalue weighted by molar-refractivity contribution is 5.87. The number of nitrogens with zero attached hydrogens (tertiary/aromatic N) is 3. The number of pyridine rings is 1. The third-order valence-corrected chi connectivity index (χ3v) is 4.61. The van der Waals surface area contributed by atoms with Crippen LogP contribution in [-0.4, -0.2) is 59.7 Å². The molecule has 0 unspecified atom stereocenters. The summed E-state index contributed by atoms with van der Waals surface area (Å²) in [5.41, 5.74) is 0.329. The minimum Gasteiger partial charge on any atom is -0.467 e. The molecule has 1 aliphatic heterocycles. The molecule has 0 aromatic carbocycles. The number of esters is 1. The van der Waals surface area contributed by atoms with Crippen LogP contribution in [0.2, 0.25) is 0 Å². The minimum atomic E-state index is -0.641. The van der Waals surface area contributed by atoms with E-state index < -0.39 is 17.7 Å². The van der Waals surface area contributed by atoms with E-state index in [0.29, 0.717) is 25.2 Å². The van der Waals surface area contributed by atoms with Crippen molar-refractivity contribution in [1.82, 2.24) is 9.88 Å². The maximum absolute atomic E-state index is 12.7. The highest BCUT2D eigenvalue weighted by Gasteiger charge is 2.34. The van der Waals surface area contributed by atoms with Crippen LogP contribution in [0.5, 0.6) is 0 Å². The number of aromatic nitrogens is 1. The summed E-state index contributed by atoms with van der Waals surface area (Å²) in [7, 11) is 1.33. The molecule has 0 spiro atoms. The summed E-state index contributed by atoms with van der Waals surface area (Å²) in [6.45, 7) is 8.16. The lowest BCUT2D eigenvalue weighted by Crippen LogP contribution is -2.42. The predicted octanol–water partition coefficient (Wildman–Crippen LogP) is 3.08. The van der Waals surface area contributed by atoms with E-state index in [9.17, 15) is 14.4 Å². The summed E-state index contributed by atoms with van der Waals surface area (Å²) < 4.78 is 10.3. The molecule has 2 amide bonds. The van der Waals surface area contributed by atoms with Crippen LogP contribution >= 0.6 is 0 Å². The van der Waals surface area contributed by atoms with Crippen LogP contribution < -0.4 is 4.90 Å². The highest BCUT2D eigenvalue weighted by Crippen LogP contribution is 2.21. The van der Waals surface area contributed by atoms with Crippen molar-refractivity contribution in [3.63, 3.8) is 0 Å². The van der Waals surface area contributed by atoms with Crippen LogP contribution in [0.3, 0.4) is 0 Å². The molecule has 1 aliphatic rings. The van der Waals surface area contributed by atoms with Crippen molar-refractivity contribution in [3.8, 4) is 0 Å². The summed E-state index contributed by atoms with van der Waals surface area (Å²) in [6.07, 6.45) is 3.18. The maximum atomic E-state index is 12.7. The number of hydrogen-bond acceptors (Lipinski definition) is 6. The van der Waals surface area contributed by atoms with Gasteiger partial charge in [-0.1, -0.05) is 0 Å². The summed E-state index contributed by atoms with van der Waals surface area (Å²) in [4.78, 5) is 44.5. The standard InChI is InChI=1S/C21H31N3O5/c1-15-10-11-22-17(14-15)24(20(27)29-21(2,3)4)13-7-9-18(25)23-12-6-8-16(23)19(26)28-5/h10-11,14,16H,6-9,12-13H2,1-5H3/t16-/m0/s1. The molecule has 29 heavy (non-hydrogen) atoms. The Morgan fingerprint density at radius 2 is 2.03 bits per heavy atom. The Kier molecular flexibility index (Phi) is 7.59. The second-order valence-electron chi connectivity index (χ2n) is 8.20. The monoisotopic (exact) mass is 405 g/mol. The molecule has 1 atom stereocenters. The summed E-state index contributed by atoms with van der Waals surface area (Å²) in [5, 5.41) is 0. The molecule has 1 saturated heterocycles. The Balaban J connectivity index is 2.03. The summed E-state index contributed by atoms with van der Waals surface area (Å²) in [5.74, 6) is -0.00487. The van der Waals surface area contributed by atoms with Crippen molar-refractivity contribution in [2.45, 2.75) is 65.0 Å². The van der Waals surface area contributed by atoms with Gasteiger partial charge in [0.05, 0.1) is 7.11 Å². The van der Waals surface area contributed by atoms with E-state index in [-0.39, 0.29) is 24.8 Å². The Morgan fingerprint density at radius 1 is 1.31 bits per heavy atom. The Morgan fingerprint density at radius 3 is 2.66 bits per heavy atom. The summed E-state index contributed by atoms with van der Waals surface area (Å²) >= 11 is 0.